The monoisotopic (exact) mass is 268 g/mol. The number of halogens is 2. The van der Waals surface area contributed by atoms with Crippen LogP contribution in [-0.2, 0) is 9.09 Å². The van der Waals surface area contributed by atoms with E-state index < -0.39 is 7.60 Å². The van der Waals surface area contributed by atoms with Gasteiger partial charge in [0.05, 0.1) is 6.61 Å². The second-order valence-electron chi connectivity index (χ2n) is 2.69. The fourth-order valence-corrected chi connectivity index (χ4v) is 2.42. The van der Waals surface area contributed by atoms with Gasteiger partial charge in [0, 0.05) is 5.02 Å². The molecule has 3 nitrogen and oxygen atoms in total. The van der Waals surface area contributed by atoms with E-state index in [1.54, 1.807) is 31.2 Å². The molecular formula is C9H11Cl2O3P. The molecule has 0 aliphatic carbocycles. The van der Waals surface area contributed by atoms with E-state index in [9.17, 15) is 4.57 Å². The van der Waals surface area contributed by atoms with Crippen molar-refractivity contribution >= 4 is 30.8 Å². The number of hydrogen-bond donors (Lipinski definition) is 0. The highest BCUT2D eigenvalue weighted by Crippen LogP contribution is 2.49. The number of hydrogen-bond acceptors (Lipinski definition) is 3. The topological polar surface area (TPSA) is 35.5 Å². The summed E-state index contributed by atoms with van der Waals surface area (Å²) >= 11 is 11.2. The van der Waals surface area contributed by atoms with Crippen LogP contribution in [0, 0.1) is 0 Å². The number of benzene rings is 1. The van der Waals surface area contributed by atoms with E-state index in [2.05, 4.69) is 0 Å². The molecule has 0 heterocycles. The molecule has 0 amide bonds. The van der Waals surface area contributed by atoms with E-state index in [0.29, 0.717) is 10.8 Å². The highest BCUT2D eigenvalue weighted by Gasteiger charge is 2.24. The molecule has 0 saturated carbocycles. The fraction of sp³-hybridized carbons (Fsp3) is 0.333. The summed E-state index contributed by atoms with van der Waals surface area (Å²) in [6, 6.07) is 6.50. The van der Waals surface area contributed by atoms with Gasteiger partial charge in [0.2, 0.25) is 0 Å². The van der Waals surface area contributed by atoms with Crippen molar-refractivity contribution < 1.29 is 13.6 Å². The lowest BCUT2D eigenvalue weighted by Crippen LogP contribution is -1.99. The molecular weight excluding hydrogens is 258 g/mol. The summed E-state index contributed by atoms with van der Waals surface area (Å²) < 4.78 is 22.0. The number of rotatable bonds is 5. The molecule has 0 bridgehead atoms. The Morgan fingerprint density at radius 1 is 1.33 bits per heavy atom. The van der Waals surface area contributed by atoms with Crippen molar-refractivity contribution in [1.82, 2.24) is 0 Å². The molecule has 0 N–H and O–H groups in total. The highest BCUT2D eigenvalue weighted by atomic mass is 35.5. The van der Waals surface area contributed by atoms with Gasteiger partial charge in [-0.1, -0.05) is 11.6 Å². The van der Waals surface area contributed by atoms with Gasteiger partial charge in [-0.2, -0.15) is 0 Å². The van der Waals surface area contributed by atoms with Gasteiger partial charge in [-0.05, 0) is 31.2 Å². The van der Waals surface area contributed by atoms with Crippen LogP contribution >= 0.6 is 30.8 Å². The fourth-order valence-electron chi connectivity index (χ4n) is 0.938. The lowest BCUT2D eigenvalue weighted by molar-refractivity contribution is 0.283. The maximum absolute atomic E-state index is 11.8. The second kappa shape index (κ2) is 5.76. The van der Waals surface area contributed by atoms with Crippen LogP contribution in [0.3, 0.4) is 0 Å². The minimum Gasteiger partial charge on any atom is -0.424 e. The first-order valence-corrected chi connectivity index (χ1v) is 6.98. The summed E-state index contributed by atoms with van der Waals surface area (Å²) in [4.78, 5) is 0. The van der Waals surface area contributed by atoms with Gasteiger partial charge >= 0.3 is 7.60 Å². The zero-order valence-corrected chi connectivity index (χ0v) is 10.6. The predicted molar refractivity (Wildman–Crippen MR) is 62.0 cm³/mol. The van der Waals surface area contributed by atoms with Crippen LogP contribution in [0.5, 0.6) is 5.75 Å². The summed E-state index contributed by atoms with van der Waals surface area (Å²) in [5, 5.41) is 0.583. The lowest BCUT2D eigenvalue weighted by Gasteiger charge is -2.15. The standard InChI is InChI=1S/C9H11Cl2O3P/c1-2-13-15(12,7-10)14-9-5-3-8(11)4-6-9/h3-6H,2,7H2,1H3. The van der Waals surface area contributed by atoms with Crippen molar-refractivity contribution in [2.45, 2.75) is 6.92 Å². The first kappa shape index (κ1) is 12.9. The Labute approximate surface area is 98.8 Å². The van der Waals surface area contributed by atoms with Crippen molar-refractivity contribution in [3.8, 4) is 5.75 Å². The van der Waals surface area contributed by atoms with Crippen molar-refractivity contribution in [2.24, 2.45) is 0 Å². The van der Waals surface area contributed by atoms with Gasteiger partial charge in [-0.15, -0.1) is 11.6 Å². The normalized spacial score (nSPS) is 14.6. The van der Waals surface area contributed by atoms with E-state index in [-0.39, 0.29) is 12.2 Å². The maximum Gasteiger partial charge on any atom is 0.393 e. The third kappa shape index (κ3) is 4.04. The highest BCUT2D eigenvalue weighted by molar-refractivity contribution is 7.56. The van der Waals surface area contributed by atoms with Crippen LogP contribution in [0.1, 0.15) is 6.92 Å². The largest absolute Gasteiger partial charge is 0.424 e. The number of alkyl halides is 1. The van der Waals surface area contributed by atoms with Gasteiger partial charge in [0.1, 0.15) is 11.4 Å². The minimum atomic E-state index is -3.21. The molecule has 0 radical (unpaired) electrons. The Balaban J connectivity index is 2.75. The Bertz CT molecular complexity index is 353. The molecule has 1 rings (SSSR count). The van der Waals surface area contributed by atoms with Gasteiger partial charge in [0.15, 0.2) is 0 Å². The van der Waals surface area contributed by atoms with Crippen LogP contribution in [0.15, 0.2) is 24.3 Å². The van der Waals surface area contributed by atoms with Crippen LogP contribution in [0.2, 0.25) is 5.02 Å². The zero-order valence-electron chi connectivity index (χ0n) is 8.15. The predicted octanol–water partition coefficient (Wildman–Crippen LogP) is 4.14. The molecule has 1 atom stereocenters. The Kier molecular flexibility index (Phi) is 4.94. The van der Waals surface area contributed by atoms with E-state index in [4.69, 9.17) is 32.2 Å². The first-order chi connectivity index (χ1) is 7.09. The molecule has 0 spiro atoms. The molecule has 0 aromatic heterocycles. The average molecular weight is 269 g/mol. The quantitative estimate of drug-likeness (QED) is 0.595. The molecule has 1 unspecified atom stereocenters. The van der Waals surface area contributed by atoms with Crippen molar-refractivity contribution in [3.63, 3.8) is 0 Å². The Morgan fingerprint density at radius 3 is 2.40 bits per heavy atom. The van der Waals surface area contributed by atoms with Crippen LogP contribution in [0.25, 0.3) is 0 Å². The third-order valence-corrected chi connectivity index (χ3v) is 4.09. The molecule has 1 aromatic rings. The SMILES string of the molecule is CCOP(=O)(CCl)Oc1ccc(Cl)cc1. The van der Waals surface area contributed by atoms with E-state index in [0.717, 1.165) is 0 Å². The van der Waals surface area contributed by atoms with Gasteiger partial charge < -0.3 is 4.52 Å². The Hall–Kier alpha value is -0.210. The summed E-state index contributed by atoms with van der Waals surface area (Å²) in [5.74, 6) is 0.428. The van der Waals surface area contributed by atoms with Gasteiger partial charge in [-0.25, -0.2) is 4.57 Å². The van der Waals surface area contributed by atoms with Crippen LogP contribution in [-0.4, -0.2) is 12.2 Å². The molecule has 0 saturated heterocycles. The van der Waals surface area contributed by atoms with E-state index in [1.165, 1.54) is 0 Å². The maximum atomic E-state index is 11.8. The lowest BCUT2D eigenvalue weighted by atomic mass is 10.3. The molecule has 0 fully saturated rings. The summed E-state index contributed by atoms with van der Waals surface area (Å²) in [5.41, 5.74) is -0.177. The smallest absolute Gasteiger partial charge is 0.393 e. The van der Waals surface area contributed by atoms with Crippen molar-refractivity contribution in [3.05, 3.63) is 29.3 Å². The first-order valence-electron chi connectivity index (χ1n) is 4.34. The molecule has 15 heavy (non-hydrogen) atoms. The van der Waals surface area contributed by atoms with E-state index >= 15 is 0 Å². The van der Waals surface area contributed by atoms with Crippen molar-refractivity contribution in [2.75, 3.05) is 12.2 Å². The minimum absolute atomic E-state index is 0.177. The van der Waals surface area contributed by atoms with Crippen LogP contribution in [0.4, 0.5) is 0 Å². The molecule has 6 heteroatoms. The zero-order chi connectivity index (χ0) is 11.3. The van der Waals surface area contributed by atoms with Gasteiger partial charge in [-0.3, -0.25) is 4.52 Å². The summed E-state index contributed by atoms with van der Waals surface area (Å²) in [6.07, 6.45) is 0. The van der Waals surface area contributed by atoms with Crippen LogP contribution < -0.4 is 4.52 Å². The van der Waals surface area contributed by atoms with Gasteiger partial charge in [0.25, 0.3) is 0 Å². The van der Waals surface area contributed by atoms with E-state index in [1.807, 2.05) is 0 Å². The summed E-state index contributed by atoms with van der Waals surface area (Å²) in [7, 11) is -3.21. The third-order valence-electron chi connectivity index (χ3n) is 1.53. The Morgan fingerprint density at radius 2 is 1.93 bits per heavy atom. The molecule has 0 aliphatic rings. The molecule has 84 valence electrons. The molecule has 0 aliphatic heterocycles. The summed E-state index contributed by atoms with van der Waals surface area (Å²) in [6.45, 7) is 2.02. The average Bonchev–Trinajstić information content (AvgIpc) is 2.22. The van der Waals surface area contributed by atoms with Crippen molar-refractivity contribution in [1.29, 1.82) is 0 Å². The molecule has 1 aromatic carbocycles. The second-order valence-corrected chi connectivity index (χ2v) is 5.75.